The van der Waals surface area contributed by atoms with Crippen molar-refractivity contribution in [2.24, 2.45) is 0 Å². The second-order valence-corrected chi connectivity index (χ2v) is 6.97. The molecule has 0 radical (unpaired) electrons. The molecule has 1 aromatic heterocycles. The lowest BCUT2D eigenvalue weighted by Gasteiger charge is -2.31. The van der Waals surface area contributed by atoms with Crippen LogP contribution in [0.4, 0.5) is 14.9 Å². The number of amides is 2. The topological polar surface area (TPSA) is 72.3 Å². The number of hydrogen-bond donors (Lipinski definition) is 1. The van der Waals surface area contributed by atoms with Crippen LogP contribution in [-0.2, 0) is 0 Å². The molecule has 2 amide bonds. The average Bonchev–Trinajstić information content (AvgIpc) is 3.25. The van der Waals surface area contributed by atoms with E-state index in [2.05, 4.69) is 15.6 Å². The molecule has 7 nitrogen and oxygen atoms in total. The van der Waals surface area contributed by atoms with Gasteiger partial charge in [0.15, 0.2) is 0 Å². The summed E-state index contributed by atoms with van der Waals surface area (Å²) in [6, 6.07) is 13.5. The number of hydrogen-bond acceptors (Lipinski definition) is 4. The Morgan fingerprint density at radius 3 is 2.45 bits per heavy atom. The van der Waals surface area contributed by atoms with Gasteiger partial charge in [-0.15, -0.1) is 5.10 Å². The lowest BCUT2D eigenvalue weighted by molar-refractivity contribution is 0.179. The number of likely N-dealkylation sites (tertiary alicyclic amines) is 1. The number of anilines is 1. The molecule has 1 N–H and O–H groups in total. The Kier molecular flexibility index (Phi) is 5.41. The molecule has 2 aromatic carbocycles. The molecule has 0 unspecified atom stereocenters. The zero-order valence-electron chi connectivity index (χ0n) is 16.1. The molecule has 1 saturated heterocycles. The Bertz CT molecular complexity index is 963. The van der Waals surface area contributed by atoms with Gasteiger partial charge in [-0.3, -0.25) is 0 Å². The van der Waals surface area contributed by atoms with E-state index in [9.17, 15) is 9.18 Å². The van der Waals surface area contributed by atoms with Crippen molar-refractivity contribution in [3.05, 3.63) is 60.5 Å². The number of carbonyl (C=O) groups is 1. The summed E-state index contributed by atoms with van der Waals surface area (Å²) in [5, 5.41) is 11.4. The van der Waals surface area contributed by atoms with Crippen LogP contribution >= 0.6 is 0 Å². The van der Waals surface area contributed by atoms with Gasteiger partial charge in [-0.25, -0.2) is 13.9 Å². The van der Waals surface area contributed by atoms with E-state index in [0.29, 0.717) is 18.8 Å². The zero-order chi connectivity index (χ0) is 20.2. The van der Waals surface area contributed by atoms with E-state index in [-0.39, 0.29) is 17.9 Å². The third-order valence-corrected chi connectivity index (χ3v) is 5.12. The fourth-order valence-electron chi connectivity index (χ4n) is 3.42. The van der Waals surface area contributed by atoms with Crippen molar-refractivity contribution in [1.29, 1.82) is 0 Å². The molecule has 0 bridgehead atoms. The number of rotatable bonds is 4. The fraction of sp³-hybridized carbons (Fsp3) is 0.286. The Morgan fingerprint density at radius 1 is 1.10 bits per heavy atom. The molecule has 1 fully saturated rings. The maximum Gasteiger partial charge on any atom is 0.321 e. The summed E-state index contributed by atoms with van der Waals surface area (Å²) in [6.45, 7) is 1.27. The van der Waals surface area contributed by atoms with Crippen LogP contribution in [0.1, 0.15) is 18.9 Å². The number of halogens is 1. The Balaban J connectivity index is 1.33. The smallest absolute Gasteiger partial charge is 0.321 e. The van der Waals surface area contributed by atoms with Crippen LogP contribution < -0.4 is 10.1 Å². The molecule has 0 aliphatic carbocycles. The fourth-order valence-corrected chi connectivity index (χ4v) is 3.42. The highest BCUT2D eigenvalue weighted by Crippen LogP contribution is 2.25. The minimum atomic E-state index is -0.276. The number of carbonyl (C=O) groups excluding carboxylic acids is 1. The third kappa shape index (κ3) is 4.37. The molecular formula is C21H22FN5O2. The highest BCUT2D eigenvalue weighted by atomic mass is 19.1. The minimum Gasteiger partial charge on any atom is -0.497 e. The highest BCUT2D eigenvalue weighted by Gasteiger charge is 2.25. The van der Waals surface area contributed by atoms with Gasteiger partial charge in [0.05, 0.1) is 19.3 Å². The van der Waals surface area contributed by atoms with Gasteiger partial charge >= 0.3 is 6.03 Å². The summed E-state index contributed by atoms with van der Waals surface area (Å²) < 4.78 is 20.1. The van der Waals surface area contributed by atoms with E-state index in [4.69, 9.17) is 4.74 Å². The van der Waals surface area contributed by atoms with Gasteiger partial charge in [-0.2, -0.15) is 0 Å². The first kappa shape index (κ1) is 18.9. The summed E-state index contributed by atoms with van der Waals surface area (Å²) in [4.78, 5) is 14.3. The van der Waals surface area contributed by atoms with Gasteiger partial charge in [-0.05, 0) is 61.4 Å². The van der Waals surface area contributed by atoms with Gasteiger partial charge in [0.25, 0.3) is 0 Å². The summed E-state index contributed by atoms with van der Waals surface area (Å²) in [6.07, 6.45) is 3.47. The monoisotopic (exact) mass is 395 g/mol. The molecule has 1 aliphatic heterocycles. The number of aromatic nitrogens is 3. The summed E-state index contributed by atoms with van der Waals surface area (Å²) >= 11 is 0. The third-order valence-electron chi connectivity index (χ3n) is 5.12. The van der Waals surface area contributed by atoms with Crippen molar-refractivity contribution in [1.82, 2.24) is 19.9 Å². The van der Waals surface area contributed by atoms with Gasteiger partial charge in [0, 0.05) is 24.3 Å². The summed E-state index contributed by atoms with van der Waals surface area (Å²) in [5.74, 6) is 0.470. The predicted octanol–water partition coefficient (Wildman–Crippen LogP) is 3.96. The number of benzene rings is 2. The van der Waals surface area contributed by atoms with Crippen molar-refractivity contribution in [2.45, 2.75) is 18.9 Å². The quantitative estimate of drug-likeness (QED) is 0.726. The van der Waals surface area contributed by atoms with Crippen molar-refractivity contribution in [2.75, 3.05) is 25.5 Å². The molecule has 0 atom stereocenters. The second-order valence-electron chi connectivity index (χ2n) is 6.97. The van der Waals surface area contributed by atoms with Gasteiger partial charge in [-0.1, -0.05) is 5.21 Å². The van der Waals surface area contributed by atoms with E-state index in [1.807, 2.05) is 35.1 Å². The van der Waals surface area contributed by atoms with Gasteiger partial charge < -0.3 is 15.0 Å². The van der Waals surface area contributed by atoms with Crippen LogP contribution in [0.15, 0.2) is 54.7 Å². The minimum absolute atomic E-state index is 0.112. The number of urea groups is 1. The van der Waals surface area contributed by atoms with Crippen LogP contribution in [0.5, 0.6) is 5.75 Å². The zero-order valence-corrected chi connectivity index (χ0v) is 16.1. The maximum absolute atomic E-state index is 13.1. The lowest BCUT2D eigenvalue weighted by Crippen LogP contribution is -2.41. The van der Waals surface area contributed by atoms with Gasteiger partial charge in [0.1, 0.15) is 17.3 Å². The Labute approximate surface area is 168 Å². The van der Waals surface area contributed by atoms with Crippen LogP contribution in [0.3, 0.4) is 0 Å². The molecule has 0 saturated carbocycles. The van der Waals surface area contributed by atoms with Crippen molar-refractivity contribution in [3.63, 3.8) is 0 Å². The Hall–Kier alpha value is -3.42. The molecule has 2 heterocycles. The molecule has 4 rings (SSSR count). The molecule has 3 aromatic rings. The molecular weight excluding hydrogens is 373 g/mol. The van der Waals surface area contributed by atoms with Crippen molar-refractivity contribution < 1.29 is 13.9 Å². The van der Waals surface area contributed by atoms with E-state index in [0.717, 1.165) is 29.8 Å². The van der Waals surface area contributed by atoms with E-state index in [1.165, 1.54) is 12.1 Å². The molecule has 29 heavy (non-hydrogen) atoms. The predicted molar refractivity (Wildman–Crippen MR) is 107 cm³/mol. The first-order chi connectivity index (χ1) is 14.1. The SMILES string of the molecule is COc1ccc(NC(=O)N2CCC(n3cc(-c4ccc(F)cc4)nn3)CC2)cc1. The van der Waals surface area contributed by atoms with E-state index < -0.39 is 0 Å². The van der Waals surface area contributed by atoms with Crippen molar-refractivity contribution in [3.8, 4) is 17.0 Å². The van der Waals surface area contributed by atoms with Crippen LogP contribution in [0.25, 0.3) is 11.3 Å². The van der Waals surface area contributed by atoms with E-state index in [1.54, 1.807) is 24.1 Å². The normalized spacial score (nSPS) is 14.6. The van der Waals surface area contributed by atoms with E-state index >= 15 is 0 Å². The average molecular weight is 395 g/mol. The lowest BCUT2D eigenvalue weighted by atomic mass is 10.1. The summed E-state index contributed by atoms with van der Waals surface area (Å²) in [7, 11) is 1.61. The first-order valence-corrected chi connectivity index (χ1v) is 9.50. The maximum atomic E-state index is 13.1. The number of piperidine rings is 1. The van der Waals surface area contributed by atoms with Crippen LogP contribution in [0, 0.1) is 5.82 Å². The van der Waals surface area contributed by atoms with Crippen LogP contribution in [0.2, 0.25) is 0 Å². The standard InChI is InChI=1S/C21H22FN5O2/c1-29-19-8-6-17(7-9-19)23-21(28)26-12-10-18(11-13-26)27-14-20(24-25-27)15-2-4-16(22)5-3-15/h2-9,14,18H,10-13H2,1H3,(H,23,28). The first-order valence-electron chi connectivity index (χ1n) is 9.50. The van der Waals surface area contributed by atoms with Crippen molar-refractivity contribution >= 4 is 11.7 Å². The Morgan fingerprint density at radius 2 is 1.79 bits per heavy atom. The van der Waals surface area contributed by atoms with Gasteiger partial charge in [0.2, 0.25) is 0 Å². The number of nitrogens with one attached hydrogen (secondary N) is 1. The number of methoxy groups -OCH3 is 1. The molecule has 0 spiro atoms. The molecule has 150 valence electrons. The number of nitrogens with zero attached hydrogens (tertiary/aromatic N) is 4. The molecule has 1 aliphatic rings. The highest BCUT2D eigenvalue weighted by molar-refractivity contribution is 5.89. The summed E-state index contributed by atoms with van der Waals surface area (Å²) in [5.41, 5.74) is 2.27. The second kappa shape index (κ2) is 8.30. The van der Waals surface area contributed by atoms with Crippen LogP contribution in [-0.4, -0.2) is 46.1 Å². The molecule has 8 heteroatoms. The number of ether oxygens (including phenoxy) is 1. The largest absolute Gasteiger partial charge is 0.497 e.